The van der Waals surface area contributed by atoms with E-state index in [4.69, 9.17) is 4.74 Å². The normalized spacial score (nSPS) is 17.9. The third-order valence-electron chi connectivity index (χ3n) is 5.73. The van der Waals surface area contributed by atoms with Gasteiger partial charge in [0.05, 0.1) is 0 Å². The quantitative estimate of drug-likeness (QED) is 0.576. The van der Waals surface area contributed by atoms with Gasteiger partial charge in [-0.25, -0.2) is 4.79 Å². The van der Waals surface area contributed by atoms with Crippen molar-refractivity contribution in [1.82, 2.24) is 9.80 Å². The number of carbonyl (C=O) groups excluding carboxylic acids is 1. The van der Waals surface area contributed by atoms with E-state index in [2.05, 4.69) is 29.2 Å². The molecule has 0 aliphatic carbocycles. The molecule has 1 amide bonds. The number of hydrogen-bond donors (Lipinski definition) is 0. The van der Waals surface area contributed by atoms with Crippen molar-refractivity contribution in [3.63, 3.8) is 0 Å². The smallest absolute Gasteiger partial charge is 0.410 e. The molecule has 2 heterocycles. The lowest BCUT2D eigenvalue weighted by atomic mass is 10.1. The highest BCUT2D eigenvalue weighted by Crippen LogP contribution is 2.31. The summed E-state index contributed by atoms with van der Waals surface area (Å²) in [6.07, 6.45) is 5.84. The first-order chi connectivity index (χ1) is 14.3. The molecule has 2 aliphatic rings. The monoisotopic (exact) mass is 446 g/mol. The molecule has 2 aromatic carbocycles. The molecule has 0 spiro atoms. The van der Waals surface area contributed by atoms with Gasteiger partial charge >= 0.3 is 6.09 Å². The van der Waals surface area contributed by atoms with Gasteiger partial charge in [0.2, 0.25) is 0 Å². The summed E-state index contributed by atoms with van der Waals surface area (Å²) in [4.78, 5) is 18.0. The highest BCUT2D eigenvalue weighted by Gasteiger charge is 2.24. The fraction of sp³-hybridized carbons (Fsp3) is 0.458. The van der Waals surface area contributed by atoms with Crippen LogP contribution in [0.1, 0.15) is 37.7 Å². The summed E-state index contributed by atoms with van der Waals surface area (Å²) in [5.74, 6) is 0.610. The molecule has 0 radical (unpaired) electrons. The van der Waals surface area contributed by atoms with Crippen molar-refractivity contribution in [3.05, 3.63) is 60.2 Å². The van der Waals surface area contributed by atoms with Crippen molar-refractivity contribution >= 4 is 30.3 Å². The van der Waals surface area contributed by atoms with Crippen LogP contribution in [0.4, 0.5) is 4.79 Å². The molecule has 0 aromatic heterocycles. The summed E-state index contributed by atoms with van der Waals surface area (Å²) in [7, 11) is 0. The maximum atomic E-state index is 12.3. The van der Waals surface area contributed by atoms with Crippen LogP contribution in [0.5, 0.6) is 5.75 Å². The fourth-order valence-electron chi connectivity index (χ4n) is 4.05. The molecular weight excluding hydrogens is 416 g/mol. The number of ether oxygens (including phenoxy) is 1. The Balaban J connectivity index is 0.00000256. The van der Waals surface area contributed by atoms with Gasteiger partial charge in [0.15, 0.2) is 0 Å². The van der Waals surface area contributed by atoms with Gasteiger partial charge in [-0.3, -0.25) is 4.90 Å². The second-order valence-electron chi connectivity index (χ2n) is 7.97. The van der Waals surface area contributed by atoms with Gasteiger partial charge in [-0.15, -0.1) is 24.2 Å². The third kappa shape index (κ3) is 6.66. The SMILES string of the molecule is Cl.O=C(Oc1ccccc1)N1CCC(Sc2ccc(CN3CCCCC3)cc2)CC1. The molecule has 30 heavy (non-hydrogen) atoms. The zero-order valence-corrected chi connectivity index (χ0v) is 19.0. The van der Waals surface area contributed by atoms with Gasteiger partial charge in [-0.05, 0) is 68.6 Å². The molecule has 2 aromatic rings. The van der Waals surface area contributed by atoms with Crippen molar-refractivity contribution in [3.8, 4) is 5.75 Å². The van der Waals surface area contributed by atoms with Gasteiger partial charge in [-0.2, -0.15) is 0 Å². The van der Waals surface area contributed by atoms with Gasteiger partial charge < -0.3 is 9.64 Å². The van der Waals surface area contributed by atoms with Gasteiger partial charge in [0.1, 0.15) is 5.75 Å². The second-order valence-corrected chi connectivity index (χ2v) is 9.34. The van der Waals surface area contributed by atoms with Crippen molar-refractivity contribution in [2.75, 3.05) is 26.2 Å². The number of benzene rings is 2. The molecule has 4 nitrogen and oxygen atoms in total. The Morgan fingerprint density at radius 1 is 0.900 bits per heavy atom. The lowest BCUT2D eigenvalue weighted by Gasteiger charge is -2.31. The molecule has 0 bridgehead atoms. The molecule has 2 aliphatic heterocycles. The Bertz CT molecular complexity index is 774. The van der Waals surface area contributed by atoms with Crippen molar-refractivity contribution in [1.29, 1.82) is 0 Å². The van der Waals surface area contributed by atoms with Crippen LogP contribution < -0.4 is 4.74 Å². The average molecular weight is 447 g/mol. The molecule has 162 valence electrons. The van der Waals surface area contributed by atoms with Crippen LogP contribution in [0, 0.1) is 0 Å². The first kappa shape index (κ1) is 23.0. The lowest BCUT2D eigenvalue weighted by Crippen LogP contribution is -2.40. The zero-order valence-electron chi connectivity index (χ0n) is 17.4. The number of rotatable bonds is 5. The summed E-state index contributed by atoms with van der Waals surface area (Å²) >= 11 is 1.94. The lowest BCUT2D eigenvalue weighted by molar-refractivity contribution is 0.143. The average Bonchev–Trinajstić information content (AvgIpc) is 2.77. The van der Waals surface area contributed by atoms with Crippen LogP contribution in [0.15, 0.2) is 59.5 Å². The Kier molecular flexibility index (Phi) is 8.91. The predicted molar refractivity (Wildman–Crippen MR) is 126 cm³/mol. The first-order valence-electron chi connectivity index (χ1n) is 10.8. The third-order valence-corrected chi connectivity index (χ3v) is 7.08. The van der Waals surface area contributed by atoms with Gasteiger partial charge in [0, 0.05) is 29.8 Å². The van der Waals surface area contributed by atoms with E-state index in [0.717, 1.165) is 32.5 Å². The minimum Gasteiger partial charge on any atom is -0.410 e. The number of para-hydroxylation sites is 1. The van der Waals surface area contributed by atoms with E-state index in [0.29, 0.717) is 11.0 Å². The molecule has 2 fully saturated rings. The Morgan fingerprint density at radius 2 is 1.57 bits per heavy atom. The van der Waals surface area contributed by atoms with E-state index in [-0.39, 0.29) is 18.5 Å². The summed E-state index contributed by atoms with van der Waals surface area (Å²) in [6, 6.07) is 18.4. The number of carbonyl (C=O) groups is 1. The van der Waals surface area contributed by atoms with Crippen LogP contribution in [-0.4, -0.2) is 47.3 Å². The van der Waals surface area contributed by atoms with E-state index in [1.165, 1.54) is 42.8 Å². The molecule has 0 N–H and O–H groups in total. The van der Waals surface area contributed by atoms with E-state index in [1.807, 2.05) is 47.0 Å². The van der Waals surface area contributed by atoms with E-state index < -0.39 is 0 Å². The second kappa shape index (κ2) is 11.6. The Morgan fingerprint density at radius 3 is 2.23 bits per heavy atom. The Labute approximate surface area is 190 Å². The number of likely N-dealkylation sites (tertiary alicyclic amines) is 2. The number of hydrogen-bond acceptors (Lipinski definition) is 4. The minimum atomic E-state index is -0.235. The van der Waals surface area contributed by atoms with E-state index in [9.17, 15) is 4.79 Å². The summed E-state index contributed by atoms with van der Waals surface area (Å²) in [6.45, 7) is 5.07. The molecule has 0 unspecified atom stereocenters. The summed E-state index contributed by atoms with van der Waals surface area (Å²) in [5, 5.41) is 0.559. The predicted octanol–water partition coefficient (Wildman–Crippen LogP) is 5.85. The maximum Gasteiger partial charge on any atom is 0.415 e. The zero-order chi connectivity index (χ0) is 19.9. The number of piperidine rings is 2. The number of halogens is 1. The van der Waals surface area contributed by atoms with Crippen LogP contribution >= 0.6 is 24.2 Å². The highest BCUT2D eigenvalue weighted by molar-refractivity contribution is 8.00. The molecule has 4 rings (SSSR count). The van der Waals surface area contributed by atoms with Crippen LogP contribution in [0.2, 0.25) is 0 Å². The standard InChI is InChI=1S/C24H30N2O2S.ClH/c27-24(28-21-7-3-1-4-8-21)26-17-13-23(14-18-26)29-22-11-9-20(10-12-22)19-25-15-5-2-6-16-25;/h1,3-4,7-12,23H,2,5-6,13-19H2;1H. The Hall–Kier alpha value is -1.69. The molecule has 0 atom stereocenters. The summed E-state index contributed by atoms with van der Waals surface area (Å²) < 4.78 is 5.46. The number of nitrogens with zero attached hydrogens (tertiary/aromatic N) is 2. The van der Waals surface area contributed by atoms with Crippen LogP contribution in [0.3, 0.4) is 0 Å². The number of thioether (sulfide) groups is 1. The van der Waals surface area contributed by atoms with Crippen molar-refractivity contribution in [2.24, 2.45) is 0 Å². The largest absolute Gasteiger partial charge is 0.415 e. The van der Waals surface area contributed by atoms with Crippen molar-refractivity contribution in [2.45, 2.75) is 48.8 Å². The van der Waals surface area contributed by atoms with Crippen LogP contribution in [-0.2, 0) is 6.54 Å². The minimum absolute atomic E-state index is 0. The van der Waals surface area contributed by atoms with E-state index >= 15 is 0 Å². The maximum absolute atomic E-state index is 12.3. The molecule has 0 saturated carbocycles. The molecule has 6 heteroatoms. The fourth-order valence-corrected chi connectivity index (χ4v) is 5.18. The highest BCUT2D eigenvalue weighted by atomic mass is 35.5. The molecular formula is C24H31ClN2O2S. The van der Waals surface area contributed by atoms with Gasteiger partial charge in [-0.1, -0.05) is 36.8 Å². The van der Waals surface area contributed by atoms with Gasteiger partial charge in [0.25, 0.3) is 0 Å². The van der Waals surface area contributed by atoms with Crippen LogP contribution in [0.25, 0.3) is 0 Å². The number of amides is 1. The summed E-state index contributed by atoms with van der Waals surface area (Å²) in [5.41, 5.74) is 1.41. The van der Waals surface area contributed by atoms with Crippen molar-refractivity contribution < 1.29 is 9.53 Å². The first-order valence-corrected chi connectivity index (χ1v) is 11.6. The molecule has 2 saturated heterocycles. The van der Waals surface area contributed by atoms with E-state index in [1.54, 1.807) is 0 Å². The topological polar surface area (TPSA) is 32.8 Å².